The highest BCUT2D eigenvalue weighted by Gasteiger charge is 2.32. The van der Waals surface area contributed by atoms with Crippen LogP contribution in [0.3, 0.4) is 0 Å². The Kier molecular flexibility index (Phi) is 7.57. The van der Waals surface area contributed by atoms with E-state index < -0.39 is 5.76 Å². The second-order valence-corrected chi connectivity index (χ2v) is 11.6. The fourth-order valence-corrected chi connectivity index (χ4v) is 6.34. The van der Waals surface area contributed by atoms with Crippen LogP contribution in [-0.2, 0) is 11.3 Å². The third-order valence-corrected chi connectivity index (χ3v) is 8.58. The quantitative estimate of drug-likeness (QED) is 0.262. The molecular formula is C31H28ClFN8O3. The lowest BCUT2D eigenvalue weighted by Crippen LogP contribution is -2.41. The molecule has 1 saturated carbocycles. The molecule has 1 saturated heterocycles. The number of nitrogens with zero attached hydrogens (tertiary/aromatic N) is 7. The van der Waals surface area contributed by atoms with Crippen LogP contribution in [0, 0.1) is 30.0 Å². The van der Waals surface area contributed by atoms with Gasteiger partial charge >= 0.3 is 5.76 Å². The smallest absolute Gasteiger partial charge is 0.377 e. The van der Waals surface area contributed by atoms with Crippen molar-refractivity contribution in [2.75, 3.05) is 24.7 Å². The average Bonchev–Trinajstić information content (AvgIpc) is 3.65. The van der Waals surface area contributed by atoms with Gasteiger partial charge < -0.3 is 14.2 Å². The van der Waals surface area contributed by atoms with Gasteiger partial charge in [-0.25, -0.2) is 19.2 Å². The minimum absolute atomic E-state index is 0.0763. The second kappa shape index (κ2) is 11.8. The summed E-state index contributed by atoms with van der Waals surface area (Å²) >= 11 is 6.39. The Morgan fingerprint density at radius 1 is 1.11 bits per heavy atom. The first-order chi connectivity index (χ1) is 21.5. The monoisotopic (exact) mass is 614 g/mol. The Balaban J connectivity index is 1.43. The number of anilines is 1. The lowest BCUT2D eigenvalue weighted by Gasteiger charge is -2.37. The number of benzene rings is 1. The molecule has 11 nitrogen and oxygen atoms in total. The number of H-pyrrole nitrogens is 1. The minimum atomic E-state index is -0.723. The van der Waals surface area contributed by atoms with E-state index in [2.05, 4.69) is 30.5 Å². The Hall–Kier alpha value is -4.60. The van der Waals surface area contributed by atoms with E-state index in [1.165, 1.54) is 12.1 Å². The second-order valence-electron chi connectivity index (χ2n) is 11.1. The van der Waals surface area contributed by atoms with Crippen molar-refractivity contribution in [2.45, 2.75) is 38.3 Å². The summed E-state index contributed by atoms with van der Waals surface area (Å²) in [6.07, 6.45) is 12.9. The molecule has 1 aliphatic carbocycles. The van der Waals surface area contributed by atoms with E-state index in [0.29, 0.717) is 65.6 Å². The Bertz CT molecular complexity index is 1910. The van der Waals surface area contributed by atoms with Crippen LogP contribution in [0.15, 0.2) is 52.0 Å². The van der Waals surface area contributed by atoms with Crippen molar-refractivity contribution < 1.29 is 13.7 Å². The molecule has 1 N–H and O–H groups in total. The summed E-state index contributed by atoms with van der Waals surface area (Å²) in [5.74, 6) is 3.43. The number of fused-ring (bicyclic) bond motifs is 1. The zero-order valence-electron chi connectivity index (χ0n) is 23.6. The fraction of sp³-hybridized carbons (Fsp3) is 0.355. The first kappa shape index (κ1) is 28.2. The van der Waals surface area contributed by atoms with Gasteiger partial charge in [-0.3, -0.25) is 14.5 Å². The molecule has 4 aromatic heterocycles. The highest BCUT2D eigenvalue weighted by molar-refractivity contribution is 6.30. The topological polar surface area (TPSA) is 128 Å². The summed E-state index contributed by atoms with van der Waals surface area (Å²) in [6, 6.07) is 8.02. The molecule has 44 heavy (non-hydrogen) atoms. The molecule has 5 heterocycles. The maximum absolute atomic E-state index is 13.9. The van der Waals surface area contributed by atoms with Crippen molar-refractivity contribution in [3.8, 4) is 35.2 Å². The predicted molar refractivity (Wildman–Crippen MR) is 161 cm³/mol. The van der Waals surface area contributed by atoms with Gasteiger partial charge in [0.25, 0.3) is 0 Å². The molecule has 5 aromatic rings. The Morgan fingerprint density at radius 3 is 2.66 bits per heavy atom. The fourth-order valence-electron chi connectivity index (χ4n) is 6.17. The molecule has 0 unspecified atom stereocenters. The van der Waals surface area contributed by atoms with Crippen molar-refractivity contribution in [3.05, 3.63) is 69.7 Å². The maximum atomic E-state index is 13.9. The van der Waals surface area contributed by atoms with Crippen LogP contribution in [0.25, 0.3) is 34.1 Å². The molecule has 0 radical (unpaired) electrons. The maximum Gasteiger partial charge on any atom is 0.439 e. The van der Waals surface area contributed by atoms with Gasteiger partial charge in [-0.2, -0.15) is 4.98 Å². The van der Waals surface area contributed by atoms with Gasteiger partial charge in [0.05, 0.1) is 24.3 Å². The molecule has 1 atom stereocenters. The number of rotatable bonds is 6. The van der Waals surface area contributed by atoms with Gasteiger partial charge in [0.1, 0.15) is 17.0 Å². The number of pyridine rings is 1. The van der Waals surface area contributed by atoms with Crippen molar-refractivity contribution in [3.63, 3.8) is 0 Å². The van der Waals surface area contributed by atoms with E-state index in [-0.39, 0.29) is 29.4 Å². The Labute approximate surface area is 256 Å². The molecule has 0 spiro atoms. The molecule has 2 fully saturated rings. The Morgan fingerprint density at radius 2 is 1.93 bits per heavy atom. The number of imidazole rings is 1. The van der Waals surface area contributed by atoms with Crippen molar-refractivity contribution in [2.24, 2.45) is 11.8 Å². The summed E-state index contributed by atoms with van der Waals surface area (Å²) in [4.78, 5) is 35.5. The summed E-state index contributed by atoms with van der Waals surface area (Å²) < 4.78 is 26.7. The van der Waals surface area contributed by atoms with E-state index in [1.807, 2.05) is 0 Å². The third-order valence-electron chi connectivity index (χ3n) is 8.38. The number of hydrogen-bond acceptors (Lipinski definition) is 9. The summed E-state index contributed by atoms with van der Waals surface area (Å²) in [7, 11) is 0. The van der Waals surface area contributed by atoms with Crippen LogP contribution in [0.1, 0.15) is 37.3 Å². The number of morpholine rings is 1. The van der Waals surface area contributed by atoms with Crippen LogP contribution in [-0.4, -0.2) is 54.4 Å². The predicted octanol–water partition coefficient (Wildman–Crippen LogP) is 5.04. The van der Waals surface area contributed by atoms with E-state index >= 15 is 0 Å². The molecule has 0 amide bonds. The van der Waals surface area contributed by atoms with Gasteiger partial charge in [-0.1, -0.05) is 28.9 Å². The number of halogens is 2. The van der Waals surface area contributed by atoms with E-state index in [9.17, 15) is 9.18 Å². The highest BCUT2D eigenvalue weighted by Crippen LogP contribution is 2.38. The number of ether oxygens (including phenoxy) is 1. The third kappa shape index (κ3) is 5.44. The van der Waals surface area contributed by atoms with Crippen LogP contribution in [0.2, 0.25) is 5.02 Å². The average molecular weight is 615 g/mol. The van der Waals surface area contributed by atoms with Gasteiger partial charge in [0.2, 0.25) is 17.6 Å². The lowest BCUT2D eigenvalue weighted by atomic mass is 9.82. The largest absolute Gasteiger partial charge is 0.439 e. The summed E-state index contributed by atoms with van der Waals surface area (Å²) in [5.41, 5.74) is 3.20. The van der Waals surface area contributed by atoms with Gasteiger partial charge in [0, 0.05) is 37.0 Å². The van der Waals surface area contributed by atoms with Crippen LogP contribution in [0.4, 0.5) is 10.3 Å². The van der Waals surface area contributed by atoms with Gasteiger partial charge in [-0.05, 0) is 55.4 Å². The molecule has 13 heteroatoms. The molecule has 1 aliphatic heterocycles. The summed E-state index contributed by atoms with van der Waals surface area (Å²) in [5, 5.41) is 4.25. The minimum Gasteiger partial charge on any atom is -0.377 e. The number of nitrogens with one attached hydrogen (secondary N) is 1. The normalized spacial score (nSPS) is 20.6. The molecule has 7 rings (SSSR count). The van der Waals surface area contributed by atoms with Crippen LogP contribution >= 0.6 is 11.6 Å². The van der Waals surface area contributed by atoms with Gasteiger partial charge in [-0.15, -0.1) is 12.3 Å². The standard InChI is InChI=1S/C31H28ClFN8O3/c1-2-18-3-5-19(6-4-18)16-41-26-25(21-13-22(32)15-34-14-21)35-28(29-38-31(42)44-39-29)36-27(26)37-30(41)40-11-12-43-17-24(40)20-7-9-23(33)10-8-20/h1,7-10,13-15,18-19,24H,3-6,11-12,16-17H2,(H,38,39,42)/t18?,19?,24-/m0/s1. The van der Waals surface area contributed by atoms with Gasteiger partial charge in [0.15, 0.2) is 5.65 Å². The number of hydrogen-bond donors (Lipinski definition) is 1. The van der Waals surface area contributed by atoms with Crippen molar-refractivity contribution >= 4 is 28.7 Å². The first-order valence-electron chi connectivity index (χ1n) is 14.5. The SMILES string of the molecule is C#CC1CCC(Cn2c(N3CCOC[C@H]3c3ccc(F)cc3)nc3nc(-c4noc(=O)[nH]4)nc(-c4cncc(Cl)c4)c32)CC1. The van der Waals surface area contributed by atoms with E-state index in [4.69, 9.17) is 42.2 Å². The summed E-state index contributed by atoms with van der Waals surface area (Å²) in [6.45, 7) is 2.11. The number of aromatic nitrogens is 7. The van der Waals surface area contributed by atoms with Crippen molar-refractivity contribution in [1.29, 1.82) is 0 Å². The number of aromatic amines is 1. The van der Waals surface area contributed by atoms with E-state index in [0.717, 1.165) is 31.2 Å². The molecule has 224 valence electrons. The van der Waals surface area contributed by atoms with E-state index in [1.54, 1.807) is 30.6 Å². The lowest BCUT2D eigenvalue weighted by molar-refractivity contribution is 0.0927. The molecule has 2 aliphatic rings. The zero-order chi connectivity index (χ0) is 30.2. The highest BCUT2D eigenvalue weighted by atomic mass is 35.5. The van der Waals surface area contributed by atoms with Crippen LogP contribution in [0.5, 0.6) is 0 Å². The van der Waals surface area contributed by atoms with Crippen LogP contribution < -0.4 is 10.7 Å². The molecular weight excluding hydrogens is 587 g/mol. The molecule has 0 bridgehead atoms. The first-order valence-corrected chi connectivity index (χ1v) is 14.9. The van der Waals surface area contributed by atoms with Crippen molar-refractivity contribution in [1.82, 2.24) is 34.6 Å². The zero-order valence-corrected chi connectivity index (χ0v) is 24.4. The number of terminal acetylenes is 1. The molecule has 1 aromatic carbocycles.